The monoisotopic (exact) mass is 637 g/mol. The van der Waals surface area contributed by atoms with Gasteiger partial charge in [-0.05, 0) is 96.4 Å². The zero-order valence-electron chi connectivity index (χ0n) is 6.04. The minimum Gasteiger partial charge on any atom is -0.141 e. The van der Waals surface area contributed by atoms with E-state index in [1.165, 1.54) is 14.3 Å². The molecule has 0 amide bonds. The molecule has 1 radical (unpaired) electrons. The Labute approximate surface area is 154 Å². The van der Waals surface area contributed by atoms with Gasteiger partial charge in [0, 0.05) is 48.7 Å². The minimum absolute atomic E-state index is 0. The third kappa shape index (κ3) is 3.81. The Morgan fingerprint density at radius 3 is 1.92 bits per heavy atom. The summed E-state index contributed by atoms with van der Waals surface area (Å²) in [4.78, 5) is 1.09. The Hall–Kier alpha value is 3.49. The third-order valence-corrected chi connectivity index (χ3v) is 8.37. The average Bonchev–Trinajstić information content (AvgIpc) is 1.97. The molecule has 0 bridgehead atoms. The van der Waals surface area contributed by atoms with Gasteiger partial charge in [0.1, 0.15) is 0 Å². The van der Waals surface area contributed by atoms with Crippen LogP contribution in [-0.2, 0) is 0 Å². The van der Waals surface area contributed by atoms with Gasteiger partial charge in [0.2, 0.25) is 0 Å². The molecule has 6 heteroatoms. The molecule has 0 aromatic heterocycles. The molecule has 0 aliphatic carbocycles. The van der Waals surface area contributed by atoms with Gasteiger partial charge in [-0.1, -0.05) is 0 Å². The first-order chi connectivity index (χ1) is 5.04. The van der Waals surface area contributed by atoms with Crippen molar-refractivity contribution in [3.8, 4) is 0 Å². The molecule has 0 saturated carbocycles. The summed E-state index contributed by atoms with van der Waals surface area (Å²) in [5.41, 5.74) is 0. The van der Waals surface area contributed by atoms with Crippen molar-refractivity contribution < 1.29 is 0 Å². The molecule has 0 heterocycles. The summed E-state index contributed by atoms with van der Waals surface area (Å²) in [6, 6.07) is 2.15. The van der Waals surface area contributed by atoms with E-state index < -0.39 is 0 Å². The molecule has 1 aromatic carbocycles. The zero-order chi connectivity index (χ0) is 8.59. The van der Waals surface area contributed by atoms with Crippen molar-refractivity contribution in [1.29, 1.82) is 0 Å². The Morgan fingerprint density at radius 1 is 0.917 bits per heavy atom. The average molecular weight is 637 g/mol. The van der Waals surface area contributed by atoms with E-state index in [0.29, 0.717) is 0 Å². The first-order valence-corrected chi connectivity index (χ1v) is 7.32. The Balaban J connectivity index is 0.00000121. The molecule has 61 valence electrons. The Morgan fingerprint density at radius 2 is 1.42 bits per heavy atom. The van der Waals surface area contributed by atoms with Gasteiger partial charge in [-0.25, -0.2) is 0 Å². The molecular formula is C6H2I4NaS. The summed E-state index contributed by atoms with van der Waals surface area (Å²) in [6.45, 7) is 0. The van der Waals surface area contributed by atoms with Gasteiger partial charge < -0.3 is 0 Å². The minimum atomic E-state index is 0. The van der Waals surface area contributed by atoms with Gasteiger partial charge in [0.15, 0.2) is 0 Å². The molecule has 1 rings (SSSR count). The number of thiol groups is 1. The second-order valence-electron chi connectivity index (χ2n) is 1.82. The largest absolute Gasteiger partial charge is 0.141 e. The summed E-state index contributed by atoms with van der Waals surface area (Å²) in [5.74, 6) is 0. The van der Waals surface area contributed by atoms with E-state index in [0.717, 1.165) is 4.90 Å². The van der Waals surface area contributed by atoms with E-state index in [1.807, 2.05) is 0 Å². The molecular weight excluding hydrogens is 635 g/mol. The fourth-order valence-corrected chi connectivity index (χ4v) is 4.74. The van der Waals surface area contributed by atoms with E-state index in [4.69, 9.17) is 0 Å². The van der Waals surface area contributed by atoms with Crippen LogP contribution in [0.2, 0.25) is 0 Å². The molecule has 0 saturated heterocycles. The standard InChI is InChI=1S/C6H2I4S.Na/c7-2-1-3(8)6(11)5(10)4(2)9;/h1,11H;. The fourth-order valence-electron chi connectivity index (χ4n) is 0.557. The molecule has 0 nitrogen and oxygen atoms in total. The normalized spacial score (nSPS) is 9.42. The second kappa shape index (κ2) is 6.94. The topological polar surface area (TPSA) is 0 Å². The van der Waals surface area contributed by atoms with Gasteiger partial charge >= 0.3 is 0 Å². The number of rotatable bonds is 0. The molecule has 0 unspecified atom stereocenters. The van der Waals surface area contributed by atoms with Crippen LogP contribution in [0.4, 0.5) is 0 Å². The summed E-state index contributed by atoms with van der Waals surface area (Å²) in [7, 11) is 0. The van der Waals surface area contributed by atoms with Gasteiger partial charge in [0.05, 0.1) is 0 Å². The number of hydrogen-bond acceptors (Lipinski definition) is 1. The summed E-state index contributed by atoms with van der Waals surface area (Å²) < 4.78 is 5.08. The smallest absolute Gasteiger partial charge is 0.0418 e. The number of hydrogen-bond donors (Lipinski definition) is 1. The molecule has 12 heavy (non-hydrogen) atoms. The maximum atomic E-state index is 4.41. The predicted molar refractivity (Wildman–Crippen MR) is 90.3 cm³/mol. The van der Waals surface area contributed by atoms with Crippen molar-refractivity contribution in [3.63, 3.8) is 0 Å². The van der Waals surface area contributed by atoms with Crippen molar-refractivity contribution in [1.82, 2.24) is 0 Å². The van der Waals surface area contributed by atoms with Crippen LogP contribution in [-0.4, -0.2) is 29.6 Å². The fraction of sp³-hybridized carbons (Fsp3) is 0. The Bertz CT molecular complexity index is 276. The van der Waals surface area contributed by atoms with E-state index in [1.54, 1.807) is 0 Å². The second-order valence-corrected chi connectivity index (χ2v) is 6.75. The summed E-state index contributed by atoms with van der Waals surface area (Å²) in [6.07, 6.45) is 0. The molecule has 0 N–H and O–H groups in total. The predicted octanol–water partition coefficient (Wildman–Crippen LogP) is 4.01. The van der Waals surface area contributed by atoms with Crippen LogP contribution in [0.5, 0.6) is 0 Å². The first kappa shape index (κ1) is 15.5. The number of benzene rings is 1. The van der Waals surface area contributed by atoms with E-state index in [9.17, 15) is 0 Å². The Kier molecular flexibility index (Phi) is 8.96. The number of halogens is 4. The van der Waals surface area contributed by atoms with Crippen molar-refractivity contribution in [2.24, 2.45) is 0 Å². The maximum Gasteiger partial charge on any atom is 0.0418 e. The molecule has 1 aromatic rings. The summed E-state index contributed by atoms with van der Waals surface area (Å²) in [5, 5.41) is 0. The van der Waals surface area contributed by atoms with Gasteiger partial charge in [-0.2, -0.15) is 0 Å². The maximum absolute atomic E-state index is 4.41. The van der Waals surface area contributed by atoms with Crippen LogP contribution in [0.3, 0.4) is 0 Å². The van der Waals surface area contributed by atoms with Crippen molar-refractivity contribution in [3.05, 3.63) is 20.3 Å². The quantitative estimate of drug-likeness (QED) is 0.144. The molecule has 0 atom stereocenters. The third-order valence-electron chi connectivity index (χ3n) is 1.09. The van der Waals surface area contributed by atoms with Crippen LogP contribution in [0.15, 0.2) is 11.0 Å². The molecule has 0 fully saturated rings. The molecule has 0 aliphatic heterocycles. The van der Waals surface area contributed by atoms with E-state index >= 15 is 0 Å². The van der Waals surface area contributed by atoms with Crippen LogP contribution >= 0.6 is 103 Å². The van der Waals surface area contributed by atoms with Crippen LogP contribution in [0.25, 0.3) is 0 Å². The van der Waals surface area contributed by atoms with E-state index in [-0.39, 0.29) is 29.6 Å². The van der Waals surface area contributed by atoms with Crippen LogP contribution in [0, 0.1) is 14.3 Å². The van der Waals surface area contributed by atoms with E-state index in [2.05, 4.69) is 109 Å². The van der Waals surface area contributed by atoms with Crippen molar-refractivity contribution in [2.75, 3.05) is 0 Å². The summed E-state index contributed by atoms with van der Waals surface area (Å²) >= 11 is 13.7. The van der Waals surface area contributed by atoms with Crippen LogP contribution in [0.1, 0.15) is 0 Å². The first-order valence-electron chi connectivity index (χ1n) is 2.56. The zero-order valence-corrected chi connectivity index (χ0v) is 17.6. The van der Waals surface area contributed by atoms with Gasteiger partial charge in [0.25, 0.3) is 0 Å². The van der Waals surface area contributed by atoms with Crippen molar-refractivity contribution >= 4 is 133 Å². The molecule has 0 aliphatic rings. The molecule has 0 spiro atoms. The van der Waals surface area contributed by atoms with Gasteiger partial charge in [-0.3, -0.25) is 0 Å². The van der Waals surface area contributed by atoms with Gasteiger partial charge in [-0.15, -0.1) is 12.6 Å². The van der Waals surface area contributed by atoms with Crippen LogP contribution < -0.4 is 0 Å². The van der Waals surface area contributed by atoms with Crippen molar-refractivity contribution in [2.45, 2.75) is 4.90 Å². The SMILES string of the molecule is Sc1c(I)cc(I)c(I)c1I.[Na].